The Balaban J connectivity index is 2.65. The number of hydrazine groups is 1. The lowest BCUT2D eigenvalue weighted by Crippen LogP contribution is -2.69. The molecule has 0 amide bonds. The van der Waals surface area contributed by atoms with Crippen LogP contribution in [-0.4, -0.2) is 30.7 Å². The third kappa shape index (κ3) is 1.29. The molecule has 1 rings (SSSR count). The van der Waals surface area contributed by atoms with Crippen LogP contribution in [-0.2, 0) is 0 Å². The van der Waals surface area contributed by atoms with Crippen LogP contribution in [0.3, 0.4) is 0 Å². The fourth-order valence-electron chi connectivity index (χ4n) is 1.46. The Labute approximate surface area is 72.8 Å². The summed E-state index contributed by atoms with van der Waals surface area (Å²) in [5, 5.41) is 13.7. The highest BCUT2D eigenvalue weighted by atomic mass is 15.5. The highest BCUT2D eigenvalue weighted by Crippen LogP contribution is 2.22. The van der Waals surface area contributed by atoms with Gasteiger partial charge in [0.2, 0.25) is 0 Å². The van der Waals surface area contributed by atoms with Gasteiger partial charge in [0.15, 0.2) is 0 Å². The van der Waals surface area contributed by atoms with E-state index < -0.39 is 0 Å². The topological polar surface area (TPSA) is 51.1 Å². The molecule has 4 heteroatoms. The molecule has 0 bridgehead atoms. The molecule has 4 nitrogen and oxygen atoms in total. The molecule has 0 radical (unpaired) electrons. The SMILES string of the molecule is C=CN(NC)C1(CC#N)CNC1. The predicted molar refractivity (Wildman–Crippen MR) is 46.9 cm³/mol. The zero-order valence-corrected chi connectivity index (χ0v) is 7.30. The summed E-state index contributed by atoms with van der Waals surface area (Å²) in [5.74, 6) is 0. The van der Waals surface area contributed by atoms with Crippen molar-refractivity contribution in [1.29, 1.82) is 5.26 Å². The molecule has 12 heavy (non-hydrogen) atoms. The highest BCUT2D eigenvalue weighted by molar-refractivity contribution is 5.07. The van der Waals surface area contributed by atoms with Crippen LogP contribution in [0.25, 0.3) is 0 Å². The third-order valence-electron chi connectivity index (χ3n) is 2.25. The van der Waals surface area contributed by atoms with Crippen LogP contribution in [0.15, 0.2) is 12.8 Å². The average Bonchev–Trinajstić information content (AvgIpc) is 2.02. The molecule has 0 spiro atoms. The van der Waals surface area contributed by atoms with Crippen molar-refractivity contribution in [2.45, 2.75) is 12.0 Å². The van der Waals surface area contributed by atoms with Crippen molar-refractivity contribution in [3.63, 3.8) is 0 Å². The van der Waals surface area contributed by atoms with Gasteiger partial charge in [-0.3, -0.25) is 0 Å². The van der Waals surface area contributed by atoms with E-state index >= 15 is 0 Å². The van der Waals surface area contributed by atoms with Crippen molar-refractivity contribution in [1.82, 2.24) is 15.8 Å². The maximum absolute atomic E-state index is 8.64. The summed E-state index contributed by atoms with van der Waals surface area (Å²) in [6.45, 7) is 5.37. The summed E-state index contributed by atoms with van der Waals surface area (Å²) >= 11 is 0. The second-order valence-electron chi connectivity index (χ2n) is 2.94. The molecular formula is C8H14N4. The summed E-state index contributed by atoms with van der Waals surface area (Å²) in [4.78, 5) is 0. The highest BCUT2D eigenvalue weighted by Gasteiger charge is 2.40. The fourth-order valence-corrected chi connectivity index (χ4v) is 1.46. The predicted octanol–water partition coefficient (Wildman–Crippen LogP) is -0.178. The standard InChI is InChI=1S/C8H14N4/c1-3-12(10-2)8(4-5-9)6-11-7-8/h3,10-11H,1,4,6-7H2,2H3. The number of nitrogens with one attached hydrogen (secondary N) is 2. The molecule has 0 atom stereocenters. The van der Waals surface area contributed by atoms with E-state index in [0.29, 0.717) is 6.42 Å². The summed E-state index contributed by atoms with van der Waals surface area (Å²) < 4.78 is 0. The van der Waals surface area contributed by atoms with Gasteiger partial charge in [-0.1, -0.05) is 6.58 Å². The van der Waals surface area contributed by atoms with Gasteiger partial charge in [-0.05, 0) is 0 Å². The lowest BCUT2D eigenvalue weighted by molar-refractivity contribution is 0.0503. The zero-order chi connectivity index (χ0) is 9.03. The number of nitriles is 1. The molecule has 1 aliphatic rings. The van der Waals surface area contributed by atoms with Crippen LogP contribution in [0.5, 0.6) is 0 Å². The molecule has 0 unspecified atom stereocenters. The van der Waals surface area contributed by atoms with Crippen molar-refractivity contribution >= 4 is 0 Å². The Morgan fingerprint density at radius 3 is 2.75 bits per heavy atom. The first-order chi connectivity index (χ1) is 5.79. The lowest BCUT2D eigenvalue weighted by Gasteiger charge is -2.48. The summed E-state index contributed by atoms with van der Waals surface area (Å²) in [6, 6.07) is 2.19. The van der Waals surface area contributed by atoms with E-state index in [9.17, 15) is 0 Å². The van der Waals surface area contributed by atoms with E-state index in [1.165, 1.54) is 0 Å². The van der Waals surface area contributed by atoms with Gasteiger partial charge in [-0.15, -0.1) is 0 Å². The van der Waals surface area contributed by atoms with Gasteiger partial charge in [-0.25, -0.2) is 5.43 Å². The van der Waals surface area contributed by atoms with Crippen molar-refractivity contribution in [2.24, 2.45) is 0 Å². The molecule has 66 valence electrons. The summed E-state index contributed by atoms with van der Waals surface area (Å²) in [5.41, 5.74) is 2.93. The van der Waals surface area contributed by atoms with Crippen LogP contribution in [0.2, 0.25) is 0 Å². The molecule has 0 aliphatic carbocycles. The quantitative estimate of drug-likeness (QED) is 0.569. The number of hydrogen-bond donors (Lipinski definition) is 2. The van der Waals surface area contributed by atoms with E-state index in [4.69, 9.17) is 5.26 Å². The van der Waals surface area contributed by atoms with Crippen LogP contribution in [0.1, 0.15) is 6.42 Å². The van der Waals surface area contributed by atoms with E-state index in [-0.39, 0.29) is 5.54 Å². The van der Waals surface area contributed by atoms with Crippen LogP contribution < -0.4 is 10.7 Å². The molecule has 2 N–H and O–H groups in total. The molecule has 1 aliphatic heterocycles. The molecule has 1 saturated heterocycles. The molecule has 1 heterocycles. The molecule has 1 fully saturated rings. The van der Waals surface area contributed by atoms with Gasteiger partial charge in [-0.2, -0.15) is 5.26 Å². The number of nitrogens with zero attached hydrogens (tertiary/aromatic N) is 2. The van der Waals surface area contributed by atoms with Gasteiger partial charge in [0, 0.05) is 26.3 Å². The Hall–Kier alpha value is -1.05. The molecule has 0 aromatic heterocycles. The third-order valence-corrected chi connectivity index (χ3v) is 2.25. The fraction of sp³-hybridized carbons (Fsp3) is 0.625. The monoisotopic (exact) mass is 166 g/mol. The number of rotatable bonds is 4. The minimum absolute atomic E-state index is 0.0781. The van der Waals surface area contributed by atoms with Gasteiger partial charge < -0.3 is 10.3 Å². The molecule has 0 saturated carbocycles. The van der Waals surface area contributed by atoms with Crippen LogP contribution in [0.4, 0.5) is 0 Å². The molecule has 0 aromatic carbocycles. The van der Waals surface area contributed by atoms with Crippen molar-refractivity contribution in [3.8, 4) is 6.07 Å². The average molecular weight is 166 g/mol. The van der Waals surface area contributed by atoms with Crippen LogP contribution >= 0.6 is 0 Å². The Morgan fingerprint density at radius 1 is 1.83 bits per heavy atom. The second-order valence-corrected chi connectivity index (χ2v) is 2.94. The van der Waals surface area contributed by atoms with Crippen LogP contribution in [0, 0.1) is 11.3 Å². The van der Waals surface area contributed by atoms with E-state index in [2.05, 4.69) is 23.4 Å². The summed E-state index contributed by atoms with van der Waals surface area (Å²) in [6.07, 6.45) is 2.24. The molecule has 0 aromatic rings. The maximum atomic E-state index is 8.64. The first-order valence-electron chi connectivity index (χ1n) is 3.96. The van der Waals surface area contributed by atoms with Crippen molar-refractivity contribution < 1.29 is 0 Å². The van der Waals surface area contributed by atoms with E-state index in [1.54, 1.807) is 6.20 Å². The Bertz CT molecular complexity index is 202. The largest absolute Gasteiger partial charge is 0.312 e. The van der Waals surface area contributed by atoms with Gasteiger partial charge in [0.1, 0.15) is 0 Å². The normalized spacial score (nSPS) is 19.0. The van der Waals surface area contributed by atoms with Gasteiger partial charge >= 0.3 is 0 Å². The lowest BCUT2D eigenvalue weighted by atomic mass is 9.88. The Morgan fingerprint density at radius 2 is 2.50 bits per heavy atom. The minimum atomic E-state index is -0.0781. The minimum Gasteiger partial charge on any atom is -0.312 e. The zero-order valence-electron chi connectivity index (χ0n) is 7.30. The first-order valence-corrected chi connectivity index (χ1v) is 3.96. The second kappa shape index (κ2) is 3.57. The first kappa shape index (κ1) is 9.04. The Kier molecular flexibility index (Phi) is 2.69. The van der Waals surface area contributed by atoms with E-state index in [1.807, 2.05) is 12.1 Å². The van der Waals surface area contributed by atoms with E-state index in [0.717, 1.165) is 13.1 Å². The van der Waals surface area contributed by atoms with Crippen molar-refractivity contribution in [3.05, 3.63) is 12.8 Å². The smallest absolute Gasteiger partial charge is 0.0933 e. The van der Waals surface area contributed by atoms with Gasteiger partial charge in [0.25, 0.3) is 0 Å². The number of hydrogen-bond acceptors (Lipinski definition) is 4. The van der Waals surface area contributed by atoms with Gasteiger partial charge in [0.05, 0.1) is 18.0 Å². The summed E-state index contributed by atoms with van der Waals surface area (Å²) in [7, 11) is 1.83. The van der Waals surface area contributed by atoms with Crippen molar-refractivity contribution in [2.75, 3.05) is 20.1 Å². The maximum Gasteiger partial charge on any atom is 0.0933 e. The molecular weight excluding hydrogens is 152 g/mol.